The van der Waals surface area contributed by atoms with Crippen LogP contribution >= 0.6 is 0 Å². The maximum absolute atomic E-state index is 12.2. The molecule has 4 rings (SSSR count). The topological polar surface area (TPSA) is 61.0 Å². The number of nitrogens with zero attached hydrogens (tertiary/aromatic N) is 2. The van der Waals surface area contributed by atoms with Crippen LogP contribution < -0.4 is 5.32 Å². The fourth-order valence-electron chi connectivity index (χ4n) is 3.14. The Bertz CT molecular complexity index is 876. The number of H-pyrrole nitrogens is 1. The molecule has 24 heavy (non-hydrogen) atoms. The molecule has 1 aliphatic rings. The third kappa shape index (κ3) is 2.73. The molecule has 1 fully saturated rings. The molecule has 2 aromatic carbocycles. The van der Waals surface area contributed by atoms with E-state index in [1.165, 1.54) is 11.1 Å². The summed E-state index contributed by atoms with van der Waals surface area (Å²) in [5.41, 5.74) is 4.46. The van der Waals surface area contributed by atoms with E-state index in [1.807, 2.05) is 11.0 Å². The SMILES string of the molecule is Cc1ccc(-c2ccc3c(NC(=O)N4CCCC4)n[nH]c3c2)cc1. The van der Waals surface area contributed by atoms with Gasteiger partial charge in [-0.2, -0.15) is 5.10 Å². The highest BCUT2D eigenvalue weighted by Gasteiger charge is 2.19. The molecule has 2 N–H and O–H groups in total. The van der Waals surface area contributed by atoms with Crippen molar-refractivity contribution in [2.75, 3.05) is 18.4 Å². The van der Waals surface area contributed by atoms with Crippen molar-refractivity contribution in [3.8, 4) is 11.1 Å². The standard InChI is InChI=1S/C19H20N4O/c1-13-4-6-14(7-5-13)15-8-9-16-17(12-15)21-22-18(16)20-19(24)23-10-2-3-11-23/h4-9,12H,2-3,10-11H2,1H3,(H2,20,21,22,24). The van der Waals surface area contributed by atoms with Gasteiger partial charge in [0.15, 0.2) is 5.82 Å². The zero-order valence-corrected chi connectivity index (χ0v) is 13.7. The Morgan fingerprint density at radius 2 is 1.79 bits per heavy atom. The van der Waals surface area contributed by atoms with E-state index in [1.54, 1.807) is 0 Å². The predicted octanol–water partition coefficient (Wildman–Crippen LogP) is 4.17. The van der Waals surface area contributed by atoms with E-state index in [4.69, 9.17) is 0 Å². The van der Waals surface area contributed by atoms with Crippen molar-refractivity contribution in [1.82, 2.24) is 15.1 Å². The molecule has 0 unspecified atom stereocenters. The van der Waals surface area contributed by atoms with Crippen LogP contribution in [-0.4, -0.2) is 34.2 Å². The van der Waals surface area contributed by atoms with Crippen molar-refractivity contribution in [3.05, 3.63) is 48.0 Å². The lowest BCUT2D eigenvalue weighted by Crippen LogP contribution is -2.32. The molecule has 0 aliphatic carbocycles. The minimum absolute atomic E-state index is 0.0662. The number of aromatic nitrogens is 2. The van der Waals surface area contributed by atoms with Crippen molar-refractivity contribution in [2.45, 2.75) is 19.8 Å². The summed E-state index contributed by atoms with van der Waals surface area (Å²) < 4.78 is 0. The van der Waals surface area contributed by atoms with E-state index in [0.717, 1.165) is 42.4 Å². The van der Waals surface area contributed by atoms with E-state index in [2.05, 4.69) is 58.8 Å². The number of benzene rings is 2. The summed E-state index contributed by atoms with van der Waals surface area (Å²) in [7, 11) is 0. The molecular weight excluding hydrogens is 300 g/mol. The van der Waals surface area contributed by atoms with Crippen molar-refractivity contribution >= 4 is 22.8 Å². The highest BCUT2D eigenvalue weighted by atomic mass is 16.2. The molecular formula is C19H20N4O. The second kappa shape index (κ2) is 6.00. The van der Waals surface area contributed by atoms with Crippen LogP contribution in [0.15, 0.2) is 42.5 Å². The number of anilines is 1. The maximum Gasteiger partial charge on any atom is 0.323 e. The first-order valence-corrected chi connectivity index (χ1v) is 8.32. The minimum Gasteiger partial charge on any atom is -0.324 e. The fraction of sp³-hybridized carbons (Fsp3) is 0.263. The summed E-state index contributed by atoms with van der Waals surface area (Å²) in [5.74, 6) is 0.595. The minimum atomic E-state index is -0.0662. The van der Waals surface area contributed by atoms with Crippen molar-refractivity contribution in [1.29, 1.82) is 0 Å². The van der Waals surface area contributed by atoms with Gasteiger partial charge in [0, 0.05) is 18.5 Å². The molecule has 0 saturated carbocycles. The molecule has 3 aromatic rings. The van der Waals surface area contributed by atoms with Gasteiger partial charge < -0.3 is 4.90 Å². The summed E-state index contributed by atoms with van der Waals surface area (Å²) in [5, 5.41) is 11.1. The van der Waals surface area contributed by atoms with Gasteiger partial charge in [-0.3, -0.25) is 10.4 Å². The summed E-state index contributed by atoms with van der Waals surface area (Å²) >= 11 is 0. The zero-order chi connectivity index (χ0) is 16.5. The van der Waals surface area contributed by atoms with Gasteiger partial charge in [0.1, 0.15) is 0 Å². The molecule has 1 saturated heterocycles. The lowest BCUT2D eigenvalue weighted by Gasteiger charge is -2.14. The molecule has 0 radical (unpaired) electrons. The number of urea groups is 1. The monoisotopic (exact) mass is 320 g/mol. The fourth-order valence-corrected chi connectivity index (χ4v) is 3.14. The largest absolute Gasteiger partial charge is 0.324 e. The number of rotatable bonds is 2. The van der Waals surface area contributed by atoms with Crippen LogP contribution in [0.5, 0.6) is 0 Å². The molecule has 0 spiro atoms. The molecule has 5 heteroatoms. The van der Waals surface area contributed by atoms with Crippen LogP contribution in [0.25, 0.3) is 22.0 Å². The quantitative estimate of drug-likeness (QED) is 0.744. The van der Waals surface area contributed by atoms with Gasteiger partial charge in [0.25, 0.3) is 0 Å². The van der Waals surface area contributed by atoms with Gasteiger partial charge in [-0.25, -0.2) is 4.79 Å². The van der Waals surface area contributed by atoms with E-state index in [9.17, 15) is 4.79 Å². The Labute approximate surface area is 140 Å². The van der Waals surface area contributed by atoms with Crippen LogP contribution in [0.4, 0.5) is 10.6 Å². The predicted molar refractivity (Wildman–Crippen MR) is 96.1 cm³/mol. The molecule has 5 nitrogen and oxygen atoms in total. The first kappa shape index (κ1) is 14.8. The first-order valence-electron chi connectivity index (χ1n) is 8.32. The van der Waals surface area contributed by atoms with Crippen molar-refractivity contribution < 1.29 is 4.79 Å². The molecule has 0 bridgehead atoms. The number of aryl methyl sites for hydroxylation is 1. The summed E-state index contributed by atoms with van der Waals surface area (Å²) in [6.45, 7) is 3.73. The van der Waals surface area contributed by atoms with Crippen molar-refractivity contribution in [2.24, 2.45) is 0 Å². The van der Waals surface area contributed by atoms with Crippen LogP contribution in [0.1, 0.15) is 18.4 Å². The molecule has 2 amide bonds. The molecule has 0 atom stereocenters. The summed E-state index contributed by atoms with van der Waals surface area (Å²) in [6.07, 6.45) is 2.16. The highest BCUT2D eigenvalue weighted by Crippen LogP contribution is 2.27. The number of likely N-dealkylation sites (tertiary alicyclic amines) is 1. The number of nitrogens with one attached hydrogen (secondary N) is 2. The molecule has 2 heterocycles. The molecule has 122 valence electrons. The Balaban J connectivity index is 1.60. The van der Waals surface area contributed by atoms with E-state index >= 15 is 0 Å². The maximum atomic E-state index is 12.2. The van der Waals surface area contributed by atoms with Gasteiger partial charge in [-0.1, -0.05) is 35.9 Å². The van der Waals surface area contributed by atoms with Gasteiger partial charge >= 0.3 is 6.03 Å². The molecule has 1 aromatic heterocycles. The van der Waals surface area contributed by atoms with Crippen LogP contribution in [0, 0.1) is 6.92 Å². The normalized spacial score (nSPS) is 14.3. The first-order chi connectivity index (χ1) is 11.7. The Hall–Kier alpha value is -2.82. The average Bonchev–Trinajstić information content (AvgIpc) is 3.25. The number of carbonyl (C=O) groups is 1. The third-order valence-corrected chi connectivity index (χ3v) is 4.57. The van der Waals surface area contributed by atoms with Gasteiger partial charge in [0.2, 0.25) is 0 Å². The number of fused-ring (bicyclic) bond motifs is 1. The van der Waals surface area contributed by atoms with Crippen LogP contribution in [0.3, 0.4) is 0 Å². The Morgan fingerprint density at radius 1 is 1.08 bits per heavy atom. The second-order valence-corrected chi connectivity index (χ2v) is 6.32. The van der Waals surface area contributed by atoms with Gasteiger partial charge in [-0.15, -0.1) is 0 Å². The highest BCUT2D eigenvalue weighted by molar-refractivity contribution is 6.00. The van der Waals surface area contributed by atoms with E-state index in [0.29, 0.717) is 5.82 Å². The number of hydrogen-bond donors (Lipinski definition) is 2. The van der Waals surface area contributed by atoms with Crippen molar-refractivity contribution in [3.63, 3.8) is 0 Å². The number of hydrogen-bond acceptors (Lipinski definition) is 2. The Morgan fingerprint density at radius 3 is 2.54 bits per heavy atom. The summed E-state index contributed by atoms with van der Waals surface area (Å²) in [6, 6.07) is 14.5. The van der Waals surface area contributed by atoms with Gasteiger partial charge in [0.05, 0.1) is 5.52 Å². The van der Waals surface area contributed by atoms with Crippen LogP contribution in [-0.2, 0) is 0 Å². The van der Waals surface area contributed by atoms with Gasteiger partial charge in [-0.05, 0) is 43.0 Å². The van der Waals surface area contributed by atoms with E-state index < -0.39 is 0 Å². The second-order valence-electron chi connectivity index (χ2n) is 6.32. The number of amides is 2. The van der Waals surface area contributed by atoms with Crippen LogP contribution in [0.2, 0.25) is 0 Å². The number of aromatic amines is 1. The zero-order valence-electron chi connectivity index (χ0n) is 13.7. The number of carbonyl (C=O) groups excluding carboxylic acids is 1. The lowest BCUT2D eigenvalue weighted by molar-refractivity contribution is 0.222. The smallest absolute Gasteiger partial charge is 0.323 e. The summed E-state index contributed by atoms with van der Waals surface area (Å²) in [4.78, 5) is 14.1. The Kier molecular flexibility index (Phi) is 3.69. The lowest BCUT2D eigenvalue weighted by atomic mass is 10.0. The average molecular weight is 320 g/mol. The van der Waals surface area contributed by atoms with E-state index in [-0.39, 0.29) is 6.03 Å². The molecule has 1 aliphatic heterocycles. The third-order valence-electron chi connectivity index (χ3n) is 4.57.